The summed E-state index contributed by atoms with van der Waals surface area (Å²) in [5, 5.41) is 12.7. The van der Waals surface area contributed by atoms with Crippen molar-refractivity contribution in [1.82, 2.24) is 10.2 Å². The number of rotatable bonds is 6. The van der Waals surface area contributed by atoms with Gasteiger partial charge in [-0.25, -0.2) is 0 Å². The fraction of sp³-hybridized carbons (Fsp3) is 0.923. The first-order chi connectivity index (χ1) is 8.11. The zero-order chi connectivity index (χ0) is 12.8. The lowest BCUT2D eigenvalue weighted by molar-refractivity contribution is -0.140. The maximum atomic E-state index is 12.3. The molecule has 1 rings (SSSR count). The van der Waals surface area contributed by atoms with E-state index in [0.29, 0.717) is 5.92 Å². The van der Waals surface area contributed by atoms with Gasteiger partial charge in [0, 0.05) is 6.54 Å². The molecule has 0 saturated carbocycles. The Bertz CT molecular complexity index is 244. The summed E-state index contributed by atoms with van der Waals surface area (Å²) in [4.78, 5) is 14.2. The highest BCUT2D eigenvalue weighted by Crippen LogP contribution is 2.19. The SMILES string of the molecule is CCCNC1CCCN([C@@H](CO)C(C)C)C1=O. The van der Waals surface area contributed by atoms with Crippen molar-refractivity contribution in [3.63, 3.8) is 0 Å². The van der Waals surface area contributed by atoms with Gasteiger partial charge in [0.25, 0.3) is 0 Å². The van der Waals surface area contributed by atoms with Crippen LogP contribution >= 0.6 is 0 Å². The first-order valence-electron chi connectivity index (χ1n) is 6.76. The van der Waals surface area contributed by atoms with Gasteiger partial charge in [-0.1, -0.05) is 20.8 Å². The number of carbonyl (C=O) groups is 1. The van der Waals surface area contributed by atoms with Crippen LogP contribution in [-0.2, 0) is 4.79 Å². The molecule has 0 aliphatic carbocycles. The second kappa shape index (κ2) is 6.97. The molecule has 2 atom stereocenters. The van der Waals surface area contributed by atoms with Crippen LogP contribution in [0.5, 0.6) is 0 Å². The number of likely N-dealkylation sites (tertiary alicyclic amines) is 1. The van der Waals surface area contributed by atoms with E-state index in [9.17, 15) is 9.90 Å². The Labute approximate surface area is 104 Å². The zero-order valence-electron chi connectivity index (χ0n) is 11.3. The van der Waals surface area contributed by atoms with Gasteiger partial charge in [0.1, 0.15) is 0 Å². The molecule has 1 heterocycles. The zero-order valence-corrected chi connectivity index (χ0v) is 11.3. The van der Waals surface area contributed by atoms with E-state index in [1.807, 2.05) is 4.90 Å². The number of nitrogens with zero attached hydrogens (tertiary/aromatic N) is 1. The Hall–Kier alpha value is -0.610. The van der Waals surface area contributed by atoms with Gasteiger partial charge in [0.05, 0.1) is 18.7 Å². The Morgan fingerprint density at radius 3 is 2.76 bits per heavy atom. The van der Waals surface area contributed by atoms with Crippen molar-refractivity contribution in [1.29, 1.82) is 0 Å². The second-order valence-corrected chi connectivity index (χ2v) is 5.17. The van der Waals surface area contributed by atoms with Gasteiger partial charge >= 0.3 is 0 Å². The monoisotopic (exact) mass is 242 g/mol. The average Bonchev–Trinajstić information content (AvgIpc) is 2.30. The number of nitrogens with one attached hydrogen (secondary N) is 1. The predicted molar refractivity (Wildman–Crippen MR) is 68.7 cm³/mol. The van der Waals surface area contributed by atoms with E-state index in [4.69, 9.17) is 0 Å². The maximum Gasteiger partial charge on any atom is 0.240 e. The standard InChI is InChI=1S/C13H26N2O2/c1-4-7-14-11-6-5-8-15(13(11)17)12(9-16)10(2)3/h10-12,14,16H,4-9H2,1-3H3/t11?,12-/m0/s1. The summed E-state index contributed by atoms with van der Waals surface area (Å²) in [6.45, 7) is 7.93. The van der Waals surface area contributed by atoms with Crippen molar-refractivity contribution in [2.75, 3.05) is 19.7 Å². The average molecular weight is 242 g/mol. The van der Waals surface area contributed by atoms with Gasteiger partial charge in [0.15, 0.2) is 0 Å². The molecule has 0 radical (unpaired) electrons. The number of hydrogen-bond acceptors (Lipinski definition) is 3. The van der Waals surface area contributed by atoms with E-state index in [1.54, 1.807) is 0 Å². The molecule has 0 spiro atoms. The highest BCUT2D eigenvalue weighted by atomic mass is 16.3. The first kappa shape index (κ1) is 14.5. The van der Waals surface area contributed by atoms with Crippen molar-refractivity contribution >= 4 is 5.91 Å². The normalized spacial score (nSPS) is 23.2. The highest BCUT2D eigenvalue weighted by Gasteiger charge is 2.33. The molecule has 1 saturated heterocycles. The van der Waals surface area contributed by atoms with Crippen LogP contribution in [0.2, 0.25) is 0 Å². The fourth-order valence-corrected chi connectivity index (χ4v) is 2.41. The van der Waals surface area contributed by atoms with Crippen LogP contribution in [0, 0.1) is 5.92 Å². The molecule has 0 aromatic rings. The van der Waals surface area contributed by atoms with Gasteiger partial charge < -0.3 is 15.3 Å². The van der Waals surface area contributed by atoms with E-state index < -0.39 is 0 Å². The second-order valence-electron chi connectivity index (χ2n) is 5.17. The molecule has 0 aromatic heterocycles. The molecule has 1 aliphatic heterocycles. The molecular weight excluding hydrogens is 216 g/mol. The number of carbonyl (C=O) groups excluding carboxylic acids is 1. The summed E-state index contributed by atoms with van der Waals surface area (Å²) in [7, 11) is 0. The smallest absolute Gasteiger partial charge is 0.240 e. The summed E-state index contributed by atoms with van der Waals surface area (Å²) in [6.07, 6.45) is 2.99. The number of aliphatic hydroxyl groups excluding tert-OH is 1. The summed E-state index contributed by atoms with van der Waals surface area (Å²) >= 11 is 0. The topological polar surface area (TPSA) is 52.6 Å². The number of hydrogen-bond donors (Lipinski definition) is 2. The van der Waals surface area contributed by atoms with Crippen LogP contribution in [0.4, 0.5) is 0 Å². The molecule has 1 aliphatic rings. The van der Waals surface area contributed by atoms with E-state index in [0.717, 1.165) is 32.4 Å². The van der Waals surface area contributed by atoms with Gasteiger partial charge in [-0.05, 0) is 31.7 Å². The molecule has 17 heavy (non-hydrogen) atoms. The van der Waals surface area contributed by atoms with E-state index in [-0.39, 0.29) is 24.6 Å². The molecule has 1 unspecified atom stereocenters. The Morgan fingerprint density at radius 1 is 1.53 bits per heavy atom. The minimum atomic E-state index is -0.0449. The lowest BCUT2D eigenvalue weighted by atomic mass is 9.97. The molecule has 0 aromatic carbocycles. The lowest BCUT2D eigenvalue weighted by Gasteiger charge is -2.39. The van der Waals surface area contributed by atoms with Crippen molar-refractivity contribution in [3.8, 4) is 0 Å². The van der Waals surface area contributed by atoms with Crippen LogP contribution < -0.4 is 5.32 Å². The van der Waals surface area contributed by atoms with Crippen LogP contribution in [0.1, 0.15) is 40.0 Å². The van der Waals surface area contributed by atoms with E-state index in [2.05, 4.69) is 26.1 Å². The van der Waals surface area contributed by atoms with Crippen LogP contribution in [0.15, 0.2) is 0 Å². The Morgan fingerprint density at radius 2 is 2.24 bits per heavy atom. The molecule has 4 heteroatoms. The lowest BCUT2D eigenvalue weighted by Crippen LogP contribution is -2.56. The Balaban J connectivity index is 2.63. The van der Waals surface area contributed by atoms with Crippen molar-refractivity contribution in [2.24, 2.45) is 5.92 Å². The maximum absolute atomic E-state index is 12.3. The highest BCUT2D eigenvalue weighted by molar-refractivity contribution is 5.83. The van der Waals surface area contributed by atoms with Gasteiger partial charge in [0.2, 0.25) is 5.91 Å². The van der Waals surface area contributed by atoms with Gasteiger partial charge in [-0.3, -0.25) is 4.79 Å². The summed E-state index contributed by atoms with van der Waals surface area (Å²) in [6, 6.07) is -0.0785. The third kappa shape index (κ3) is 3.68. The predicted octanol–water partition coefficient (Wildman–Crippen LogP) is 0.994. The molecule has 0 bridgehead atoms. The van der Waals surface area contributed by atoms with Gasteiger partial charge in [-0.2, -0.15) is 0 Å². The molecular formula is C13H26N2O2. The van der Waals surface area contributed by atoms with Crippen molar-refractivity contribution in [3.05, 3.63) is 0 Å². The van der Waals surface area contributed by atoms with E-state index in [1.165, 1.54) is 0 Å². The number of piperidine rings is 1. The summed E-state index contributed by atoms with van der Waals surface area (Å²) in [5.74, 6) is 0.464. The van der Waals surface area contributed by atoms with Crippen LogP contribution in [0.25, 0.3) is 0 Å². The quantitative estimate of drug-likeness (QED) is 0.730. The first-order valence-corrected chi connectivity index (χ1v) is 6.76. The van der Waals surface area contributed by atoms with E-state index >= 15 is 0 Å². The molecule has 2 N–H and O–H groups in total. The minimum absolute atomic E-state index is 0.0336. The fourth-order valence-electron chi connectivity index (χ4n) is 2.41. The number of aliphatic hydroxyl groups is 1. The third-order valence-electron chi connectivity index (χ3n) is 3.47. The minimum Gasteiger partial charge on any atom is -0.394 e. The largest absolute Gasteiger partial charge is 0.394 e. The number of amides is 1. The summed E-state index contributed by atoms with van der Waals surface area (Å²) in [5.41, 5.74) is 0. The molecule has 1 amide bonds. The molecule has 1 fully saturated rings. The van der Waals surface area contributed by atoms with Crippen molar-refractivity contribution < 1.29 is 9.90 Å². The Kier molecular flexibility index (Phi) is 5.92. The van der Waals surface area contributed by atoms with Crippen LogP contribution in [-0.4, -0.2) is 47.7 Å². The van der Waals surface area contributed by atoms with Crippen molar-refractivity contribution in [2.45, 2.75) is 52.1 Å². The van der Waals surface area contributed by atoms with Crippen LogP contribution in [0.3, 0.4) is 0 Å². The van der Waals surface area contributed by atoms with Gasteiger partial charge in [-0.15, -0.1) is 0 Å². The summed E-state index contributed by atoms with van der Waals surface area (Å²) < 4.78 is 0. The molecule has 4 nitrogen and oxygen atoms in total. The molecule has 100 valence electrons. The third-order valence-corrected chi connectivity index (χ3v) is 3.47.